The summed E-state index contributed by atoms with van der Waals surface area (Å²) in [6.45, 7) is 8.90. The van der Waals surface area contributed by atoms with Crippen molar-refractivity contribution in [1.29, 1.82) is 5.53 Å². The summed E-state index contributed by atoms with van der Waals surface area (Å²) < 4.78 is 0. The van der Waals surface area contributed by atoms with Gasteiger partial charge in [0.2, 0.25) is 0 Å². The standard InChI is InChI=1S/C6H15N3/c1-5-9(8-7)6(2,3)4/h7H,5H2,1-4H3. The van der Waals surface area contributed by atoms with Gasteiger partial charge >= 0.3 is 0 Å². The molecule has 0 aromatic heterocycles. The van der Waals surface area contributed by atoms with Gasteiger partial charge in [0.1, 0.15) is 0 Å². The molecule has 0 saturated carbocycles. The second-order valence-corrected chi connectivity index (χ2v) is 2.99. The SMILES string of the molecule is CCN(N=N)C(C)(C)C. The molecule has 0 aliphatic heterocycles. The van der Waals surface area contributed by atoms with Crippen LogP contribution in [0.15, 0.2) is 5.22 Å². The van der Waals surface area contributed by atoms with Crippen molar-refractivity contribution in [1.82, 2.24) is 5.01 Å². The van der Waals surface area contributed by atoms with Gasteiger partial charge in [-0.1, -0.05) is 5.22 Å². The van der Waals surface area contributed by atoms with Crippen LogP contribution in [-0.4, -0.2) is 17.1 Å². The topological polar surface area (TPSA) is 39.5 Å². The van der Waals surface area contributed by atoms with E-state index in [1.807, 2.05) is 27.7 Å². The normalized spacial score (nSPS) is 11.1. The van der Waals surface area contributed by atoms with Crippen LogP contribution in [0, 0.1) is 5.53 Å². The molecule has 0 aromatic carbocycles. The van der Waals surface area contributed by atoms with Crippen LogP contribution in [-0.2, 0) is 0 Å². The highest BCUT2D eigenvalue weighted by atomic mass is 15.5. The van der Waals surface area contributed by atoms with Crippen LogP contribution in [0.25, 0.3) is 0 Å². The zero-order valence-electron chi connectivity index (χ0n) is 6.60. The Morgan fingerprint density at radius 2 is 1.89 bits per heavy atom. The predicted octanol–water partition coefficient (Wildman–Crippen LogP) is 2.05. The van der Waals surface area contributed by atoms with Gasteiger partial charge in [-0.05, 0) is 27.7 Å². The van der Waals surface area contributed by atoms with Crippen molar-refractivity contribution < 1.29 is 0 Å². The Bertz CT molecular complexity index is 93.0. The fraction of sp³-hybridized carbons (Fsp3) is 1.00. The third-order valence-corrected chi connectivity index (χ3v) is 1.19. The summed E-state index contributed by atoms with van der Waals surface area (Å²) in [6.07, 6.45) is 0. The second-order valence-electron chi connectivity index (χ2n) is 2.99. The monoisotopic (exact) mass is 129 g/mol. The molecule has 0 bridgehead atoms. The van der Waals surface area contributed by atoms with Crippen LogP contribution in [0.5, 0.6) is 0 Å². The summed E-state index contributed by atoms with van der Waals surface area (Å²) in [4.78, 5) is 0. The van der Waals surface area contributed by atoms with Gasteiger partial charge in [0, 0.05) is 6.54 Å². The minimum absolute atomic E-state index is 0.00347. The van der Waals surface area contributed by atoms with Gasteiger partial charge in [0.05, 0.1) is 5.54 Å². The summed E-state index contributed by atoms with van der Waals surface area (Å²) in [7, 11) is 0. The molecule has 0 saturated heterocycles. The minimum atomic E-state index is -0.00347. The number of nitrogens with zero attached hydrogens (tertiary/aromatic N) is 2. The molecule has 0 heterocycles. The Morgan fingerprint density at radius 3 is 1.89 bits per heavy atom. The average molecular weight is 129 g/mol. The molecule has 0 unspecified atom stereocenters. The van der Waals surface area contributed by atoms with E-state index in [1.165, 1.54) is 0 Å². The minimum Gasteiger partial charge on any atom is -0.274 e. The van der Waals surface area contributed by atoms with E-state index in [1.54, 1.807) is 5.01 Å². The smallest absolute Gasteiger partial charge is 0.0511 e. The summed E-state index contributed by atoms with van der Waals surface area (Å²) in [6, 6.07) is 0. The van der Waals surface area contributed by atoms with Crippen LogP contribution < -0.4 is 0 Å². The van der Waals surface area contributed by atoms with E-state index in [9.17, 15) is 0 Å². The van der Waals surface area contributed by atoms with Gasteiger partial charge < -0.3 is 0 Å². The van der Waals surface area contributed by atoms with Crippen LogP contribution in [0.3, 0.4) is 0 Å². The molecule has 0 fully saturated rings. The Labute approximate surface area is 56.5 Å². The molecule has 0 atom stereocenters. The molecule has 54 valence electrons. The van der Waals surface area contributed by atoms with Crippen molar-refractivity contribution in [2.45, 2.75) is 33.2 Å². The number of hydrogen-bond donors (Lipinski definition) is 1. The summed E-state index contributed by atoms with van der Waals surface area (Å²) >= 11 is 0. The van der Waals surface area contributed by atoms with E-state index in [-0.39, 0.29) is 5.54 Å². The molecule has 0 aromatic rings. The lowest BCUT2D eigenvalue weighted by molar-refractivity contribution is 0.133. The zero-order valence-corrected chi connectivity index (χ0v) is 6.60. The van der Waals surface area contributed by atoms with Gasteiger partial charge in [-0.2, -0.15) is 5.53 Å². The molecular formula is C6H15N3. The third kappa shape index (κ3) is 2.44. The average Bonchev–Trinajstić information content (AvgIpc) is 1.65. The fourth-order valence-electron chi connectivity index (χ4n) is 0.695. The maximum atomic E-state index is 6.77. The molecule has 0 rings (SSSR count). The highest BCUT2D eigenvalue weighted by Crippen LogP contribution is 2.11. The van der Waals surface area contributed by atoms with Gasteiger partial charge in [0.15, 0.2) is 0 Å². The number of rotatable bonds is 2. The summed E-state index contributed by atoms with van der Waals surface area (Å²) in [5.41, 5.74) is 6.76. The molecule has 1 N–H and O–H groups in total. The van der Waals surface area contributed by atoms with Crippen molar-refractivity contribution >= 4 is 0 Å². The Hall–Kier alpha value is -0.600. The molecular weight excluding hydrogens is 114 g/mol. The molecule has 0 aliphatic rings. The first kappa shape index (κ1) is 8.40. The number of hydrogen-bond acceptors (Lipinski definition) is 2. The van der Waals surface area contributed by atoms with Crippen molar-refractivity contribution in [2.75, 3.05) is 6.54 Å². The largest absolute Gasteiger partial charge is 0.274 e. The molecule has 0 amide bonds. The van der Waals surface area contributed by atoms with Crippen LogP contribution >= 0.6 is 0 Å². The van der Waals surface area contributed by atoms with Gasteiger partial charge in [-0.3, -0.25) is 5.01 Å². The zero-order chi connectivity index (χ0) is 7.49. The first-order valence-electron chi connectivity index (χ1n) is 3.17. The van der Waals surface area contributed by atoms with E-state index in [4.69, 9.17) is 5.53 Å². The highest BCUT2D eigenvalue weighted by molar-refractivity contribution is 4.69. The first-order chi connectivity index (χ1) is 4.02. The maximum absolute atomic E-state index is 6.77. The fourth-order valence-corrected chi connectivity index (χ4v) is 0.695. The van der Waals surface area contributed by atoms with E-state index in [2.05, 4.69) is 5.22 Å². The quantitative estimate of drug-likeness (QED) is 0.450. The van der Waals surface area contributed by atoms with E-state index >= 15 is 0 Å². The molecule has 9 heavy (non-hydrogen) atoms. The third-order valence-electron chi connectivity index (χ3n) is 1.19. The lowest BCUT2D eigenvalue weighted by atomic mass is 10.1. The molecule has 3 nitrogen and oxygen atoms in total. The maximum Gasteiger partial charge on any atom is 0.0511 e. The predicted molar refractivity (Wildman–Crippen MR) is 37.3 cm³/mol. The van der Waals surface area contributed by atoms with Crippen LogP contribution in [0.1, 0.15) is 27.7 Å². The van der Waals surface area contributed by atoms with Gasteiger partial charge in [0.25, 0.3) is 0 Å². The summed E-state index contributed by atoms with van der Waals surface area (Å²) in [5.74, 6) is 0. The molecule has 0 spiro atoms. The van der Waals surface area contributed by atoms with Crippen LogP contribution in [0.4, 0.5) is 0 Å². The van der Waals surface area contributed by atoms with Crippen molar-refractivity contribution in [3.8, 4) is 0 Å². The van der Waals surface area contributed by atoms with Gasteiger partial charge in [-0.15, -0.1) is 0 Å². The Morgan fingerprint density at radius 1 is 1.44 bits per heavy atom. The van der Waals surface area contributed by atoms with Crippen molar-refractivity contribution in [3.05, 3.63) is 0 Å². The number of nitrogens with one attached hydrogen (secondary N) is 1. The first-order valence-corrected chi connectivity index (χ1v) is 3.17. The van der Waals surface area contributed by atoms with E-state index in [0.717, 1.165) is 6.54 Å². The van der Waals surface area contributed by atoms with Crippen molar-refractivity contribution in [2.24, 2.45) is 5.22 Å². The summed E-state index contributed by atoms with van der Waals surface area (Å²) in [5, 5.41) is 5.09. The van der Waals surface area contributed by atoms with E-state index < -0.39 is 0 Å². The molecule has 3 heteroatoms. The van der Waals surface area contributed by atoms with Gasteiger partial charge in [-0.25, -0.2) is 0 Å². The van der Waals surface area contributed by atoms with Crippen LogP contribution in [0.2, 0.25) is 0 Å². The Kier molecular flexibility index (Phi) is 2.62. The highest BCUT2D eigenvalue weighted by Gasteiger charge is 2.16. The lowest BCUT2D eigenvalue weighted by Gasteiger charge is -2.29. The Balaban J connectivity index is 3.94. The molecule has 0 radical (unpaired) electrons. The lowest BCUT2D eigenvalue weighted by Crippen LogP contribution is -2.36. The second kappa shape index (κ2) is 2.80. The van der Waals surface area contributed by atoms with E-state index in [0.29, 0.717) is 0 Å². The molecule has 0 aliphatic carbocycles. The van der Waals surface area contributed by atoms with Crippen molar-refractivity contribution in [3.63, 3.8) is 0 Å².